The van der Waals surface area contributed by atoms with Gasteiger partial charge in [0.15, 0.2) is 5.65 Å². The van der Waals surface area contributed by atoms with Gasteiger partial charge in [0.05, 0.1) is 23.3 Å². The van der Waals surface area contributed by atoms with Crippen molar-refractivity contribution in [2.24, 2.45) is 5.41 Å². The number of nitrogens with one attached hydrogen (secondary N) is 3. The van der Waals surface area contributed by atoms with E-state index in [2.05, 4.69) is 35.5 Å². The molecule has 194 valence electrons. The predicted molar refractivity (Wildman–Crippen MR) is 150 cm³/mol. The molecule has 0 radical (unpaired) electrons. The van der Waals surface area contributed by atoms with Gasteiger partial charge >= 0.3 is 0 Å². The number of carbonyl (C=O) groups is 1. The quantitative estimate of drug-likeness (QED) is 0.233. The van der Waals surface area contributed by atoms with Crippen LogP contribution in [0.15, 0.2) is 73.3 Å². The van der Waals surface area contributed by atoms with Crippen LogP contribution in [-0.2, 0) is 4.79 Å². The SMILES string of the molecule is CC(C)(C)CC(=O)Nc1cncc(-c2cnc3[nH]nc(-c4cc5c(-c6ccc(F)cc6)nccc5[nH]4)c3c2)c1. The molecule has 39 heavy (non-hydrogen) atoms. The van der Waals surface area contributed by atoms with Crippen molar-refractivity contribution in [2.75, 3.05) is 5.32 Å². The minimum atomic E-state index is -0.292. The first kappa shape index (κ1) is 24.4. The number of rotatable bonds is 5. The van der Waals surface area contributed by atoms with E-state index in [-0.39, 0.29) is 17.1 Å². The molecule has 6 rings (SSSR count). The summed E-state index contributed by atoms with van der Waals surface area (Å²) in [5.41, 5.74) is 6.81. The van der Waals surface area contributed by atoms with Gasteiger partial charge in [0.1, 0.15) is 11.5 Å². The molecule has 3 N–H and O–H groups in total. The summed E-state index contributed by atoms with van der Waals surface area (Å²) in [7, 11) is 0. The standard InChI is InChI=1S/C30H26FN7O/c1-30(2,3)13-26(39)35-21-10-18(14-32-16-21)19-11-23-28(37-38-29(23)34-15-19)25-12-22-24(36-25)8-9-33-27(22)17-4-6-20(31)7-5-17/h4-12,14-16,36H,13H2,1-3H3,(H,35,39)(H,34,37,38). The number of amides is 1. The molecule has 0 atom stereocenters. The number of hydrogen-bond acceptors (Lipinski definition) is 5. The Kier molecular flexibility index (Phi) is 5.91. The van der Waals surface area contributed by atoms with E-state index in [0.717, 1.165) is 44.4 Å². The van der Waals surface area contributed by atoms with Crippen LogP contribution in [0.25, 0.3) is 55.7 Å². The average molecular weight is 520 g/mol. The second-order valence-electron chi connectivity index (χ2n) is 10.8. The van der Waals surface area contributed by atoms with Gasteiger partial charge in [0.25, 0.3) is 0 Å². The lowest BCUT2D eigenvalue weighted by Gasteiger charge is -2.17. The third-order valence-electron chi connectivity index (χ3n) is 6.38. The van der Waals surface area contributed by atoms with Gasteiger partial charge in [0.2, 0.25) is 5.91 Å². The summed E-state index contributed by atoms with van der Waals surface area (Å²) in [6.07, 6.45) is 7.27. The molecule has 0 aliphatic heterocycles. The molecule has 0 aliphatic rings. The molecule has 5 heterocycles. The molecule has 0 saturated carbocycles. The lowest BCUT2D eigenvalue weighted by Crippen LogP contribution is -2.19. The molecular weight excluding hydrogens is 493 g/mol. The number of fused-ring (bicyclic) bond motifs is 2. The van der Waals surface area contributed by atoms with Crippen LogP contribution in [-0.4, -0.2) is 36.0 Å². The van der Waals surface area contributed by atoms with Crippen LogP contribution in [0.3, 0.4) is 0 Å². The first-order valence-electron chi connectivity index (χ1n) is 12.6. The Morgan fingerprint density at radius 2 is 1.69 bits per heavy atom. The first-order valence-corrected chi connectivity index (χ1v) is 12.6. The molecular formula is C30H26FN7O. The summed E-state index contributed by atoms with van der Waals surface area (Å²) in [4.78, 5) is 29.3. The lowest BCUT2D eigenvalue weighted by molar-refractivity contribution is -0.117. The van der Waals surface area contributed by atoms with Gasteiger partial charge < -0.3 is 10.3 Å². The summed E-state index contributed by atoms with van der Waals surface area (Å²) in [6, 6.07) is 14.1. The largest absolute Gasteiger partial charge is 0.353 e. The highest BCUT2D eigenvalue weighted by molar-refractivity contribution is 6.00. The van der Waals surface area contributed by atoms with Crippen LogP contribution < -0.4 is 5.32 Å². The van der Waals surface area contributed by atoms with E-state index in [1.54, 1.807) is 36.9 Å². The van der Waals surface area contributed by atoms with Gasteiger partial charge in [0, 0.05) is 58.0 Å². The van der Waals surface area contributed by atoms with E-state index in [9.17, 15) is 9.18 Å². The molecule has 8 nitrogen and oxygen atoms in total. The summed E-state index contributed by atoms with van der Waals surface area (Å²) in [6.45, 7) is 6.08. The van der Waals surface area contributed by atoms with Crippen molar-refractivity contribution in [3.63, 3.8) is 0 Å². The molecule has 6 aromatic rings. The highest BCUT2D eigenvalue weighted by Crippen LogP contribution is 2.34. The van der Waals surface area contributed by atoms with E-state index in [4.69, 9.17) is 0 Å². The van der Waals surface area contributed by atoms with Crippen molar-refractivity contribution in [1.82, 2.24) is 30.1 Å². The normalized spacial score (nSPS) is 11.8. The van der Waals surface area contributed by atoms with Crippen molar-refractivity contribution in [2.45, 2.75) is 27.2 Å². The zero-order chi connectivity index (χ0) is 27.1. The zero-order valence-corrected chi connectivity index (χ0v) is 21.7. The van der Waals surface area contributed by atoms with Crippen LogP contribution in [0.5, 0.6) is 0 Å². The number of benzene rings is 1. The maximum Gasteiger partial charge on any atom is 0.224 e. The Morgan fingerprint density at radius 3 is 2.49 bits per heavy atom. The Labute approximate surface area is 223 Å². The number of pyridine rings is 3. The minimum absolute atomic E-state index is 0.0551. The molecule has 0 fully saturated rings. The maximum absolute atomic E-state index is 13.5. The molecule has 1 amide bonds. The Morgan fingerprint density at radius 1 is 0.897 bits per heavy atom. The second-order valence-corrected chi connectivity index (χ2v) is 10.8. The van der Waals surface area contributed by atoms with Gasteiger partial charge in [-0.1, -0.05) is 20.8 Å². The molecule has 0 unspecified atom stereocenters. The minimum Gasteiger partial charge on any atom is -0.353 e. The summed E-state index contributed by atoms with van der Waals surface area (Å²) in [5.74, 6) is -0.347. The van der Waals surface area contributed by atoms with Crippen molar-refractivity contribution >= 4 is 33.5 Å². The van der Waals surface area contributed by atoms with Crippen molar-refractivity contribution in [1.29, 1.82) is 0 Å². The number of nitrogens with zero attached hydrogens (tertiary/aromatic N) is 4. The van der Waals surface area contributed by atoms with Crippen LogP contribution in [0.2, 0.25) is 0 Å². The highest BCUT2D eigenvalue weighted by Gasteiger charge is 2.18. The molecule has 5 aromatic heterocycles. The number of halogens is 1. The average Bonchev–Trinajstić information content (AvgIpc) is 3.52. The number of H-pyrrole nitrogens is 2. The third kappa shape index (κ3) is 4.98. The van der Waals surface area contributed by atoms with E-state index in [1.165, 1.54) is 12.1 Å². The van der Waals surface area contributed by atoms with E-state index < -0.39 is 0 Å². The second kappa shape index (κ2) is 9.43. The van der Waals surface area contributed by atoms with Gasteiger partial charge in [-0.2, -0.15) is 5.10 Å². The monoisotopic (exact) mass is 519 g/mol. The third-order valence-corrected chi connectivity index (χ3v) is 6.38. The number of carbonyl (C=O) groups excluding carboxylic acids is 1. The number of anilines is 1. The topological polar surface area (TPSA) is 112 Å². The fourth-order valence-electron chi connectivity index (χ4n) is 4.64. The van der Waals surface area contributed by atoms with Crippen LogP contribution in [0.4, 0.5) is 10.1 Å². The number of hydrogen-bond donors (Lipinski definition) is 3. The summed E-state index contributed by atoms with van der Waals surface area (Å²) >= 11 is 0. The van der Waals surface area contributed by atoms with Gasteiger partial charge in [-0.25, -0.2) is 9.37 Å². The smallest absolute Gasteiger partial charge is 0.224 e. The van der Waals surface area contributed by atoms with Crippen LogP contribution in [0, 0.1) is 11.2 Å². The maximum atomic E-state index is 13.5. The van der Waals surface area contributed by atoms with Gasteiger partial charge in [-0.05, 0) is 53.9 Å². The Hall–Kier alpha value is -4.92. The summed E-state index contributed by atoms with van der Waals surface area (Å²) < 4.78 is 13.5. The zero-order valence-electron chi connectivity index (χ0n) is 21.7. The molecule has 1 aromatic carbocycles. The fourth-order valence-corrected chi connectivity index (χ4v) is 4.64. The predicted octanol–water partition coefficient (Wildman–Crippen LogP) is 6.74. The number of aromatic nitrogens is 6. The molecule has 9 heteroatoms. The van der Waals surface area contributed by atoms with Gasteiger partial charge in [-0.3, -0.25) is 19.9 Å². The van der Waals surface area contributed by atoms with E-state index in [0.29, 0.717) is 23.4 Å². The van der Waals surface area contributed by atoms with Crippen molar-refractivity contribution in [3.05, 3.63) is 79.1 Å². The Balaban J connectivity index is 1.36. The highest BCUT2D eigenvalue weighted by atomic mass is 19.1. The fraction of sp³-hybridized carbons (Fsp3) is 0.167. The van der Waals surface area contributed by atoms with Crippen molar-refractivity contribution in [3.8, 4) is 33.8 Å². The molecule has 0 saturated heterocycles. The van der Waals surface area contributed by atoms with E-state index >= 15 is 0 Å². The van der Waals surface area contributed by atoms with Gasteiger partial charge in [-0.15, -0.1) is 0 Å². The molecule has 0 aliphatic carbocycles. The number of aromatic amines is 2. The molecule has 0 spiro atoms. The van der Waals surface area contributed by atoms with Crippen molar-refractivity contribution < 1.29 is 9.18 Å². The van der Waals surface area contributed by atoms with Crippen LogP contribution in [0.1, 0.15) is 27.2 Å². The Bertz CT molecular complexity index is 1830. The molecule has 0 bridgehead atoms. The van der Waals surface area contributed by atoms with E-state index in [1.807, 2.05) is 45.0 Å². The first-order chi connectivity index (χ1) is 18.7. The van der Waals surface area contributed by atoms with Crippen LogP contribution >= 0.6 is 0 Å². The summed E-state index contributed by atoms with van der Waals surface area (Å²) in [5, 5.41) is 12.2. The lowest BCUT2D eigenvalue weighted by atomic mass is 9.92.